The number of morpholine rings is 1. The Balaban J connectivity index is 2.08. The lowest BCUT2D eigenvalue weighted by Crippen LogP contribution is -2.48. The first-order valence-corrected chi connectivity index (χ1v) is 6.61. The van der Waals surface area contributed by atoms with Crippen molar-refractivity contribution in [3.63, 3.8) is 0 Å². The minimum absolute atomic E-state index is 0.183. The summed E-state index contributed by atoms with van der Waals surface area (Å²) in [6.07, 6.45) is 0. The fourth-order valence-electron chi connectivity index (χ4n) is 1.48. The lowest BCUT2D eigenvalue weighted by molar-refractivity contribution is 0.0979. The molecule has 2 rings (SSSR count). The van der Waals surface area contributed by atoms with E-state index in [1.807, 2.05) is 6.07 Å². The molecular weight excluding hydrogens is 228 g/mol. The highest BCUT2D eigenvalue weighted by molar-refractivity contribution is 7.93. The maximum atomic E-state index is 11.9. The highest BCUT2D eigenvalue weighted by Gasteiger charge is 2.27. The van der Waals surface area contributed by atoms with Gasteiger partial charge in [0.1, 0.15) is 0 Å². The maximum absolute atomic E-state index is 11.9. The number of rotatable bonds is 3. The molecule has 1 saturated heterocycles. The Labute approximate surface area is 94.9 Å². The summed E-state index contributed by atoms with van der Waals surface area (Å²) in [6, 6.07) is 8.81. The molecule has 1 aromatic rings. The Morgan fingerprint density at radius 2 is 2.06 bits per heavy atom. The van der Waals surface area contributed by atoms with Crippen molar-refractivity contribution in [3.05, 3.63) is 30.3 Å². The van der Waals surface area contributed by atoms with Crippen LogP contribution in [0.15, 0.2) is 30.3 Å². The van der Waals surface area contributed by atoms with Crippen LogP contribution in [0.25, 0.3) is 0 Å². The number of para-hydroxylation sites is 1. The molecule has 1 aromatic carbocycles. The number of anilines is 1. The molecule has 1 unspecified atom stereocenters. The Morgan fingerprint density at radius 3 is 2.69 bits per heavy atom. The molecule has 0 aliphatic carbocycles. The molecule has 1 aliphatic heterocycles. The second-order valence-corrected chi connectivity index (χ2v) is 5.39. The molecule has 0 spiro atoms. The van der Waals surface area contributed by atoms with E-state index in [-0.39, 0.29) is 6.61 Å². The Bertz CT molecular complexity index is 427. The van der Waals surface area contributed by atoms with Crippen molar-refractivity contribution in [2.24, 2.45) is 0 Å². The lowest BCUT2D eigenvalue weighted by atomic mass is 10.3. The van der Waals surface area contributed by atoms with E-state index in [9.17, 15) is 8.42 Å². The van der Waals surface area contributed by atoms with Crippen LogP contribution >= 0.6 is 0 Å². The number of hydrogen-bond donors (Lipinski definition) is 2. The molecule has 1 aliphatic rings. The molecule has 0 amide bonds. The van der Waals surface area contributed by atoms with E-state index < -0.39 is 15.4 Å². The van der Waals surface area contributed by atoms with Crippen molar-refractivity contribution in [3.8, 4) is 0 Å². The van der Waals surface area contributed by atoms with Gasteiger partial charge in [0.2, 0.25) is 0 Å². The summed E-state index contributed by atoms with van der Waals surface area (Å²) in [5.74, 6) is 0. The van der Waals surface area contributed by atoms with Gasteiger partial charge in [0.25, 0.3) is 10.0 Å². The summed E-state index contributed by atoms with van der Waals surface area (Å²) in [6.45, 7) is 1.29. The van der Waals surface area contributed by atoms with Crippen molar-refractivity contribution < 1.29 is 13.2 Å². The van der Waals surface area contributed by atoms with E-state index in [1.165, 1.54) is 0 Å². The normalized spacial score (nSPS) is 21.6. The van der Waals surface area contributed by atoms with Gasteiger partial charge in [-0.2, -0.15) is 0 Å². The smallest absolute Gasteiger partial charge is 0.251 e. The van der Waals surface area contributed by atoms with Crippen molar-refractivity contribution in [1.82, 2.24) is 5.32 Å². The molecule has 0 saturated carbocycles. The molecule has 1 heterocycles. The fraction of sp³-hybridized carbons (Fsp3) is 0.400. The zero-order valence-corrected chi connectivity index (χ0v) is 9.53. The van der Waals surface area contributed by atoms with Crippen LogP contribution in [-0.2, 0) is 14.8 Å². The average Bonchev–Trinajstić information content (AvgIpc) is 2.31. The van der Waals surface area contributed by atoms with Crippen LogP contribution in [0.5, 0.6) is 0 Å². The van der Waals surface area contributed by atoms with Gasteiger partial charge in [-0.3, -0.25) is 10.0 Å². The topological polar surface area (TPSA) is 67.4 Å². The van der Waals surface area contributed by atoms with Gasteiger partial charge in [-0.25, -0.2) is 8.42 Å². The molecule has 1 fully saturated rings. The van der Waals surface area contributed by atoms with Crippen molar-refractivity contribution in [2.45, 2.75) is 5.37 Å². The Morgan fingerprint density at radius 1 is 1.31 bits per heavy atom. The SMILES string of the molecule is O=S(=O)(Nc1ccccc1)C1COCCN1. The highest BCUT2D eigenvalue weighted by Crippen LogP contribution is 2.11. The van der Waals surface area contributed by atoms with Crippen LogP contribution in [0.1, 0.15) is 0 Å². The Hall–Kier alpha value is -1.11. The van der Waals surface area contributed by atoms with Crippen LogP contribution in [0.3, 0.4) is 0 Å². The quantitative estimate of drug-likeness (QED) is 0.804. The monoisotopic (exact) mass is 242 g/mol. The van der Waals surface area contributed by atoms with Gasteiger partial charge in [-0.05, 0) is 12.1 Å². The van der Waals surface area contributed by atoms with Crippen molar-refractivity contribution in [2.75, 3.05) is 24.5 Å². The summed E-state index contributed by atoms with van der Waals surface area (Å²) < 4.78 is 31.4. The molecule has 2 N–H and O–H groups in total. The van der Waals surface area contributed by atoms with Crippen molar-refractivity contribution >= 4 is 15.7 Å². The third-order valence-electron chi connectivity index (χ3n) is 2.30. The van der Waals surface area contributed by atoms with E-state index >= 15 is 0 Å². The maximum Gasteiger partial charge on any atom is 0.251 e. The molecule has 5 nitrogen and oxygen atoms in total. The third kappa shape index (κ3) is 2.72. The second kappa shape index (κ2) is 4.82. The first-order valence-electron chi connectivity index (χ1n) is 5.06. The van der Waals surface area contributed by atoms with Gasteiger partial charge in [0, 0.05) is 12.2 Å². The second-order valence-electron chi connectivity index (χ2n) is 3.53. The number of sulfonamides is 1. The van der Waals surface area contributed by atoms with Gasteiger partial charge >= 0.3 is 0 Å². The summed E-state index contributed by atoms with van der Waals surface area (Å²) in [4.78, 5) is 0. The van der Waals surface area contributed by atoms with Gasteiger partial charge in [-0.1, -0.05) is 18.2 Å². The van der Waals surface area contributed by atoms with E-state index in [1.54, 1.807) is 24.3 Å². The minimum atomic E-state index is -3.42. The van der Waals surface area contributed by atoms with E-state index in [4.69, 9.17) is 4.74 Å². The predicted octanol–water partition coefficient (Wildman–Crippen LogP) is 0.374. The highest BCUT2D eigenvalue weighted by atomic mass is 32.2. The van der Waals surface area contributed by atoms with Crippen LogP contribution in [0, 0.1) is 0 Å². The molecule has 0 bridgehead atoms. The first-order chi connectivity index (χ1) is 7.68. The van der Waals surface area contributed by atoms with Crippen LogP contribution in [0.4, 0.5) is 5.69 Å². The number of hydrogen-bond acceptors (Lipinski definition) is 4. The lowest BCUT2D eigenvalue weighted by Gasteiger charge is -2.24. The van der Waals surface area contributed by atoms with E-state index in [0.717, 1.165) is 0 Å². The zero-order chi connectivity index (χ0) is 11.4. The molecule has 0 radical (unpaired) electrons. The van der Waals surface area contributed by atoms with Crippen LogP contribution < -0.4 is 10.0 Å². The summed E-state index contributed by atoms with van der Waals surface area (Å²) >= 11 is 0. The fourth-order valence-corrected chi connectivity index (χ4v) is 2.70. The van der Waals surface area contributed by atoms with E-state index in [2.05, 4.69) is 10.0 Å². The average molecular weight is 242 g/mol. The molecule has 0 aromatic heterocycles. The number of ether oxygens (including phenoxy) is 1. The summed E-state index contributed by atoms with van der Waals surface area (Å²) in [7, 11) is -3.42. The predicted molar refractivity (Wildman–Crippen MR) is 61.6 cm³/mol. The molecule has 1 atom stereocenters. The van der Waals surface area contributed by atoms with Gasteiger partial charge in [0.15, 0.2) is 5.37 Å². The van der Waals surface area contributed by atoms with Gasteiger partial charge < -0.3 is 4.74 Å². The summed E-state index contributed by atoms with van der Waals surface area (Å²) in [5.41, 5.74) is 0.565. The van der Waals surface area contributed by atoms with Gasteiger partial charge in [0.05, 0.1) is 13.2 Å². The number of benzene rings is 1. The van der Waals surface area contributed by atoms with Gasteiger partial charge in [-0.15, -0.1) is 0 Å². The summed E-state index contributed by atoms with van der Waals surface area (Å²) in [5, 5.41) is 2.22. The largest absolute Gasteiger partial charge is 0.377 e. The molecule has 88 valence electrons. The third-order valence-corrected chi connectivity index (χ3v) is 3.87. The molecule has 16 heavy (non-hydrogen) atoms. The standard InChI is InChI=1S/C10H14N2O3S/c13-16(14,10-8-15-7-6-11-10)12-9-4-2-1-3-5-9/h1-5,10-12H,6-8H2. The molecular formula is C10H14N2O3S. The van der Waals surface area contributed by atoms with Crippen LogP contribution in [-0.4, -0.2) is 33.6 Å². The Kier molecular flexibility index (Phi) is 3.42. The number of nitrogens with one attached hydrogen (secondary N) is 2. The first kappa shape index (κ1) is 11.4. The minimum Gasteiger partial charge on any atom is -0.377 e. The zero-order valence-electron chi connectivity index (χ0n) is 8.72. The molecule has 6 heteroatoms. The van der Waals surface area contributed by atoms with Crippen molar-refractivity contribution in [1.29, 1.82) is 0 Å². The van der Waals surface area contributed by atoms with E-state index in [0.29, 0.717) is 18.8 Å². The van der Waals surface area contributed by atoms with Crippen LogP contribution in [0.2, 0.25) is 0 Å².